The Morgan fingerprint density at radius 3 is 1.72 bits per heavy atom. The van der Waals surface area contributed by atoms with Gasteiger partial charge < -0.3 is 5.11 Å². The van der Waals surface area contributed by atoms with Crippen molar-refractivity contribution < 1.29 is 9.90 Å². The molecular weight excluding hydrogens is 308 g/mol. The van der Waals surface area contributed by atoms with Gasteiger partial charge in [0, 0.05) is 0 Å². The summed E-state index contributed by atoms with van der Waals surface area (Å²) in [7, 11) is 0. The van der Waals surface area contributed by atoms with Gasteiger partial charge in [0.1, 0.15) is 0 Å². The second kappa shape index (κ2) is 12.0. The smallest absolute Gasteiger partial charge is 0.306 e. The van der Waals surface area contributed by atoms with Crippen LogP contribution in [0, 0.1) is 23.7 Å². The lowest BCUT2D eigenvalue weighted by Gasteiger charge is -2.37. The molecule has 0 amide bonds. The van der Waals surface area contributed by atoms with Gasteiger partial charge in [0.2, 0.25) is 0 Å². The van der Waals surface area contributed by atoms with Gasteiger partial charge in [0.25, 0.3) is 0 Å². The molecule has 0 spiro atoms. The summed E-state index contributed by atoms with van der Waals surface area (Å²) in [4.78, 5) is 11.1. The maximum Gasteiger partial charge on any atom is 0.306 e. The molecule has 0 aliphatic heterocycles. The molecule has 0 unspecified atom stereocenters. The Morgan fingerprint density at radius 1 is 0.720 bits per heavy atom. The van der Waals surface area contributed by atoms with Crippen LogP contribution in [0.25, 0.3) is 0 Å². The van der Waals surface area contributed by atoms with Crippen LogP contribution in [0.5, 0.6) is 0 Å². The summed E-state index contributed by atoms with van der Waals surface area (Å²) in [5.74, 6) is 2.12. The topological polar surface area (TPSA) is 37.3 Å². The molecule has 2 fully saturated rings. The third-order valence-corrected chi connectivity index (χ3v) is 7.15. The minimum Gasteiger partial charge on any atom is -0.481 e. The van der Waals surface area contributed by atoms with E-state index < -0.39 is 5.97 Å². The number of rotatable bonds is 11. The average molecular weight is 351 g/mol. The Labute approximate surface area is 156 Å². The van der Waals surface area contributed by atoms with Crippen molar-refractivity contribution in [3.8, 4) is 0 Å². The van der Waals surface area contributed by atoms with Crippen molar-refractivity contribution in [1.29, 1.82) is 0 Å². The number of carbonyl (C=O) groups is 1. The highest BCUT2D eigenvalue weighted by Crippen LogP contribution is 2.42. The van der Waals surface area contributed by atoms with E-state index in [1.165, 1.54) is 96.3 Å². The maximum atomic E-state index is 11.1. The quantitative estimate of drug-likeness (QED) is 0.399. The molecule has 2 rings (SSSR count). The molecule has 2 aliphatic carbocycles. The molecule has 0 aromatic rings. The standard InChI is InChI=1S/C23H42O2/c1-2-3-4-5-6-7-8-9-10-19-11-13-20(14-12-19)21-15-17-22(18-16-21)23(24)25/h19-22H,2-18H2,1H3,(H,24,25). The molecule has 1 N–H and O–H groups in total. The summed E-state index contributed by atoms with van der Waals surface area (Å²) in [6.45, 7) is 2.29. The first-order valence-corrected chi connectivity index (χ1v) is 11.4. The highest BCUT2D eigenvalue weighted by atomic mass is 16.4. The molecule has 0 bridgehead atoms. The predicted molar refractivity (Wildman–Crippen MR) is 106 cm³/mol. The van der Waals surface area contributed by atoms with Crippen molar-refractivity contribution in [2.24, 2.45) is 23.7 Å². The van der Waals surface area contributed by atoms with Crippen molar-refractivity contribution in [2.45, 2.75) is 116 Å². The van der Waals surface area contributed by atoms with Gasteiger partial charge in [0.05, 0.1) is 5.92 Å². The van der Waals surface area contributed by atoms with Gasteiger partial charge in [-0.2, -0.15) is 0 Å². The van der Waals surface area contributed by atoms with Crippen molar-refractivity contribution in [1.82, 2.24) is 0 Å². The van der Waals surface area contributed by atoms with Crippen LogP contribution in [0.2, 0.25) is 0 Å². The van der Waals surface area contributed by atoms with Crippen molar-refractivity contribution in [3.63, 3.8) is 0 Å². The fraction of sp³-hybridized carbons (Fsp3) is 0.957. The zero-order chi connectivity index (χ0) is 17.9. The molecule has 0 atom stereocenters. The highest BCUT2D eigenvalue weighted by Gasteiger charge is 2.32. The third kappa shape index (κ3) is 7.71. The molecule has 0 radical (unpaired) electrons. The SMILES string of the molecule is CCCCCCCCCCC1CCC(C2CCC(C(=O)O)CC2)CC1. The summed E-state index contributed by atoms with van der Waals surface area (Å²) in [6.07, 6.45) is 22.9. The molecular formula is C23H42O2. The number of carboxylic acids is 1. The first kappa shape index (κ1) is 20.8. The predicted octanol–water partition coefficient (Wildman–Crippen LogP) is 7.21. The lowest BCUT2D eigenvalue weighted by Crippen LogP contribution is -2.28. The molecule has 2 nitrogen and oxygen atoms in total. The van der Waals surface area contributed by atoms with E-state index in [9.17, 15) is 4.79 Å². The summed E-state index contributed by atoms with van der Waals surface area (Å²) in [5, 5.41) is 9.14. The van der Waals surface area contributed by atoms with Gasteiger partial charge in [-0.25, -0.2) is 0 Å². The van der Waals surface area contributed by atoms with Crippen LogP contribution in [0.3, 0.4) is 0 Å². The van der Waals surface area contributed by atoms with Gasteiger partial charge in [-0.1, -0.05) is 77.6 Å². The second-order valence-electron chi connectivity index (χ2n) is 8.99. The maximum absolute atomic E-state index is 11.1. The minimum atomic E-state index is -0.562. The molecule has 0 heterocycles. The summed E-state index contributed by atoms with van der Waals surface area (Å²) in [5.41, 5.74) is 0. The molecule has 2 heteroatoms. The molecule has 2 saturated carbocycles. The van der Waals surface area contributed by atoms with E-state index in [0.717, 1.165) is 30.6 Å². The van der Waals surface area contributed by atoms with E-state index in [1.54, 1.807) is 0 Å². The second-order valence-corrected chi connectivity index (χ2v) is 8.99. The third-order valence-electron chi connectivity index (χ3n) is 7.15. The van der Waals surface area contributed by atoms with Crippen LogP contribution in [0.15, 0.2) is 0 Å². The lowest BCUT2D eigenvalue weighted by atomic mass is 9.68. The van der Waals surface area contributed by atoms with Crippen LogP contribution >= 0.6 is 0 Å². The van der Waals surface area contributed by atoms with E-state index in [1.807, 2.05) is 0 Å². The van der Waals surface area contributed by atoms with E-state index in [0.29, 0.717) is 0 Å². The monoisotopic (exact) mass is 350 g/mol. The van der Waals surface area contributed by atoms with E-state index >= 15 is 0 Å². The van der Waals surface area contributed by atoms with Crippen LogP contribution in [0.1, 0.15) is 116 Å². The number of aliphatic carboxylic acids is 1. The Kier molecular flexibility index (Phi) is 9.94. The number of carboxylic acid groups (broad SMARTS) is 1. The fourth-order valence-corrected chi connectivity index (χ4v) is 5.35. The molecule has 2 aliphatic rings. The molecule has 0 aromatic heterocycles. The zero-order valence-electron chi connectivity index (χ0n) is 16.7. The van der Waals surface area contributed by atoms with Crippen LogP contribution in [-0.2, 0) is 4.79 Å². The number of unbranched alkanes of at least 4 members (excludes halogenated alkanes) is 7. The molecule has 146 valence electrons. The number of hydrogen-bond donors (Lipinski definition) is 1. The van der Waals surface area contributed by atoms with Crippen LogP contribution in [0.4, 0.5) is 0 Å². The molecule has 0 aromatic carbocycles. The largest absolute Gasteiger partial charge is 0.481 e. The molecule has 25 heavy (non-hydrogen) atoms. The average Bonchev–Trinajstić information content (AvgIpc) is 2.64. The van der Waals surface area contributed by atoms with Gasteiger partial charge >= 0.3 is 5.97 Å². The summed E-state index contributed by atoms with van der Waals surface area (Å²) < 4.78 is 0. The van der Waals surface area contributed by atoms with Gasteiger partial charge in [-0.15, -0.1) is 0 Å². The van der Waals surface area contributed by atoms with Gasteiger partial charge in [0.15, 0.2) is 0 Å². The first-order chi connectivity index (χ1) is 12.2. The summed E-state index contributed by atoms with van der Waals surface area (Å²) >= 11 is 0. The molecule has 0 saturated heterocycles. The van der Waals surface area contributed by atoms with Crippen molar-refractivity contribution in [2.75, 3.05) is 0 Å². The van der Waals surface area contributed by atoms with Gasteiger partial charge in [-0.05, 0) is 56.3 Å². The van der Waals surface area contributed by atoms with E-state index in [2.05, 4.69) is 6.92 Å². The Bertz CT molecular complexity index is 349. The van der Waals surface area contributed by atoms with Crippen molar-refractivity contribution >= 4 is 5.97 Å². The fourth-order valence-electron chi connectivity index (χ4n) is 5.35. The van der Waals surface area contributed by atoms with E-state index in [-0.39, 0.29) is 5.92 Å². The normalized spacial score (nSPS) is 30.3. The zero-order valence-corrected chi connectivity index (χ0v) is 16.7. The van der Waals surface area contributed by atoms with Crippen LogP contribution in [-0.4, -0.2) is 11.1 Å². The van der Waals surface area contributed by atoms with Crippen LogP contribution < -0.4 is 0 Å². The number of hydrogen-bond acceptors (Lipinski definition) is 1. The van der Waals surface area contributed by atoms with Crippen molar-refractivity contribution in [3.05, 3.63) is 0 Å². The van der Waals surface area contributed by atoms with Gasteiger partial charge in [-0.3, -0.25) is 4.79 Å². The summed E-state index contributed by atoms with van der Waals surface area (Å²) in [6, 6.07) is 0. The first-order valence-electron chi connectivity index (χ1n) is 11.4. The Balaban J connectivity index is 1.48. The Morgan fingerprint density at radius 2 is 1.20 bits per heavy atom. The minimum absolute atomic E-state index is 0.0467. The highest BCUT2D eigenvalue weighted by molar-refractivity contribution is 5.69. The van der Waals surface area contributed by atoms with E-state index in [4.69, 9.17) is 5.11 Å². The Hall–Kier alpha value is -0.530. The lowest BCUT2D eigenvalue weighted by molar-refractivity contribution is -0.143.